The summed E-state index contributed by atoms with van der Waals surface area (Å²) >= 11 is 0. The molecule has 1 nitrogen and oxygen atoms in total. The molecule has 0 aliphatic heterocycles. The maximum atomic E-state index is 8.97. The number of hydrogen-bond acceptors (Lipinski definition) is 1. The molecule has 0 saturated heterocycles. The molecular formula is C7H6O. The Morgan fingerprint density at radius 2 is 2.25 bits per heavy atom. The first-order chi connectivity index (χ1) is 3.88. The van der Waals surface area contributed by atoms with E-state index >= 15 is 0 Å². The van der Waals surface area contributed by atoms with Crippen LogP contribution in [-0.4, -0.2) is 5.11 Å². The van der Waals surface area contributed by atoms with E-state index in [1.807, 2.05) is 12.1 Å². The van der Waals surface area contributed by atoms with Crippen molar-refractivity contribution < 1.29 is 5.11 Å². The van der Waals surface area contributed by atoms with Crippen LogP contribution in [0.2, 0.25) is 0 Å². The summed E-state index contributed by atoms with van der Waals surface area (Å²) in [6, 6.07) is 5.64. The van der Waals surface area contributed by atoms with Gasteiger partial charge in [0.15, 0.2) is 0 Å². The van der Waals surface area contributed by atoms with Gasteiger partial charge in [-0.25, -0.2) is 0 Å². The first kappa shape index (κ1) is 3.96. The number of rotatable bonds is 0. The lowest BCUT2D eigenvalue weighted by molar-refractivity contribution is 0.474. The van der Waals surface area contributed by atoms with E-state index in [1.54, 1.807) is 6.07 Å². The molecule has 0 spiro atoms. The Hall–Kier alpha value is -0.980. The molecule has 1 aliphatic carbocycles. The van der Waals surface area contributed by atoms with Gasteiger partial charge in [0.2, 0.25) is 0 Å². The molecule has 1 aliphatic rings. The van der Waals surface area contributed by atoms with Crippen LogP contribution >= 0.6 is 0 Å². The maximum absolute atomic E-state index is 8.97. The van der Waals surface area contributed by atoms with E-state index in [4.69, 9.17) is 5.11 Å². The lowest BCUT2D eigenvalue weighted by Crippen LogP contribution is -1.57. The highest BCUT2D eigenvalue weighted by Gasteiger charge is 2.18. The molecule has 0 radical (unpaired) electrons. The summed E-state index contributed by atoms with van der Waals surface area (Å²) in [6.45, 7) is 0. The average molecular weight is 106 g/mol. The van der Waals surface area contributed by atoms with Gasteiger partial charge in [-0.3, -0.25) is 0 Å². The number of phenols is 1. The van der Waals surface area contributed by atoms with Gasteiger partial charge in [0.25, 0.3) is 0 Å². The van der Waals surface area contributed by atoms with Crippen LogP contribution in [-0.2, 0) is 6.42 Å². The van der Waals surface area contributed by atoms with Crippen molar-refractivity contribution in [1.29, 1.82) is 0 Å². The van der Waals surface area contributed by atoms with Gasteiger partial charge in [-0.1, -0.05) is 12.1 Å². The number of phenolic OH excluding ortho intramolecular Hbond substituents is 1. The Morgan fingerprint density at radius 3 is 2.88 bits per heavy atom. The van der Waals surface area contributed by atoms with Crippen molar-refractivity contribution in [3.63, 3.8) is 0 Å². The lowest BCUT2D eigenvalue weighted by Gasteiger charge is -1.82. The second-order valence-corrected chi connectivity index (χ2v) is 2.09. The van der Waals surface area contributed by atoms with Gasteiger partial charge in [0.1, 0.15) is 5.75 Å². The van der Waals surface area contributed by atoms with Crippen molar-refractivity contribution >= 4 is 0 Å². The third kappa shape index (κ3) is 0.360. The molecular weight excluding hydrogens is 100 g/mol. The Bertz CT molecular complexity index is 228. The van der Waals surface area contributed by atoms with Crippen LogP contribution in [0.15, 0.2) is 18.2 Å². The van der Waals surface area contributed by atoms with Crippen LogP contribution in [0.5, 0.6) is 5.75 Å². The van der Waals surface area contributed by atoms with E-state index in [-0.39, 0.29) is 0 Å². The van der Waals surface area contributed by atoms with Gasteiger partial charge in [0, 0.05) is 12.0 Å². The molecule has 1 aromatic rings. The molecule has 1 aromatic carbocycles. The third-order valence-electron chi connectivity index (χ3n) is 1.49. The first-order valence-electron chi connectivity index (χ1n) is 2.67. The molecule has 1 heteroatoms. The largest absolute Gasteiger partial charge is 0.508 e. The Balaban J connectivity index is 2.70. The zero-order valence-corrected chi connectivity index (χ0v) is 4.39. The smallest absolute Gasteiger partial charge is 0.119 e. The minimum Gasteiger partial charge on any atom is -0.508 e. The quantitative estimate of drug-likeness (QED) is 0.536. The Labute approximate surface area is 47.6 Å². The second kappa shape index (κ2) is 1.05. The van der Waals surface area contributed by atoms with Crippen molar-refractivity contribution in [1.82, 2.24) is 0 Å². The van der Waals surface area contributed by atoms with E-state index in [1.165, 1.54) is 5.56 Å². The van der Waals surface area contributed by atoms with E-state index in [0.29, 0.717) is 5.75 Å². The Kier molecular flexibility index (Phi) is 0.519. The van der Waals surface area contributed by atoms with Crippen LogP contribution in [0.4, 0.5) is 0 Å². The summed E-state index contributed by atoms with van der Waals surface area (Å²) in [5, 5.41) is 8.97. The van der Waals surface area contributed by atoms with Gasteiger partial charge in [-0.05, 0) is 11.6 Å². The van der Waals surface area contributed by atoms with Crippen LogP contribution in [0.3, 0.4) is 0 Å². The van der Waals surface area contributed by atoms with Gasteiger partial charge in [0.05, 0.1) is 0 Å². The van der Waals surface area contributed by atoms with E-state index in [0.717, 1.165) is 12.0 Å². The van der Waals surface area contributed by atoms with Gasteiger partial charge in [-0.2, -0.15) is 0 Å². The van der Waals surface area contributed by atoms with E-state index < -0.39 is 0 Å². The zero-order chi connectivity index (χ0) is 5.56. The van der Waals surface area contributed by atoms with Gasteiger partial charge in [-0.15, -0.1) is 0 Å². The SMILES string of the molecule is Oc1cccc2c1C2. The summed E-state index contributed by atoms with van der Waals surface area (Å²) in [5.41, 5.74) is 2.43. The Morgan fingerprint density at radius 1 is 1.38 bits per heavy atom. The molecule has 40 valence electrons. The number of fused-ring (bicyclic) bond motifs is 1. The van der Waals surface area contributed by atoms with Crippen LogP contribution < -0.4 is 0 Å². The highest BCUT2D eigenvalue weighted by atomic mass is 16.3. The monoisotopic (exact) mass is 106 g/mol. The fourth-order valence-electron chi connectivity index (χ4n) is 0.917. The fraction of sp³-hybridized carbons (Fsp3) is 0.143. The minimum atomic E-state index is 0.461. The summed E-state index contributed by atoms with van der Waals surface area (Å²) in [5.74, 6) is 0.461. The van der Waals surface area contributed by atoms with Crippen molar-refractivity contribution in [2.75, 3.05) is 0 Å². The molecule has 0 fully saturated rings. The molecule has 0 amide bonds. The minimum absolute atomic E-state index is 0.461. The maximum Gasteiger partial charge on any atom is 0.119 e. The molecule has 8 heavy (non-hydrogen) atoms. The standard InChI is InChI=1S/C7H6O/c8-7-3-1-2-5-4-6(5)7/h1-3,8H,4H2. The molecule has 0 saturated carbocycles. The van der Waals surface area contributed by atoms with Crippen molar-refractivity contribution in [3.05, 3.63) is 29.3 Å². The van der Waals surface area contributed by atoms with Crippen molar-refractivity contribution in [2.45, 2.75) is 6.42 Å². The molecule has 0 bridgehead atoms. The lowest BCUT2D eigenvalue weighted by atomic mass is 10.3. The van der Waals surface area contributed by atoms with Crippen molar-refractivity contribution in [2.24, 2.45) is 0 Å². The molecule has 2 rings (SSSR count). The van der Waals surface area contributed by atoms with E-state index in [9.17, 15) is 0 Å². The highest BCUT2D eigenvalue weighted by Crippen LogP contribution is 2.34. The molecule has 0 atom stereocenters. The second-order valence-electron chi connectivity index (χ2n) is 2.09. The summed E-state index contributed by atoms with van der Waals surface area (Å²) in [7, 11) is 0. The van der Waals surface area contributed by atoms with E-state index in [2.05, 4.69) is 0 Å². The topological polar surface area (TPSA) is 20.2 Å². The summed E-state index contributed by atoms with van der Waals surface area (Å²) in [4.78, 5) is 0. The number of aromatic hydroxyl groups is 1. The van der Waals surface area contributed by atoms with Crippen molar-refractivity contribution in [3.8, 4) is 5.75 Å². The third-order valence-corrected chi connectivity index (χ3v) is 1.49. The van der Waals surface area contributed by atoms with Crippen LogP contribution in [0, 0.1) is 0 Å². The zero-order valence-electron chi connectivity index (χ0n) is 4.39. The number of benzene rings is 1. The predicted octanol–water partition coefficient (Wildman–Crippen LogP) is 1.30. The summed E-state index contributed by atoms with van der Waals surface area (Å²) in [6.07, 6.45) is 0.999. The van der Waals surface area contributed by atoms with Crippen LogP contribution in [0.25, 0.3) is 0 Å². The highest BCUT2D eigenvalue weighted by molar-refractivity contribution is 5.53. The molecule has 0 aromatic heterocycles. The molecule has 0 heterocycles. The predicted molar refractivity (Wildman–Crippen MR) is 30.9 cm³/mol. The van der Waals surface area contributed by atoms with Crippen LogP contribution in [0.1, 0.15) is 11.1 Å². The first-order valence-corrected chi connectivity index (χ1v) is 2.67. The normalized spacial score (nSPS) is 13.0. The molecule has 0 unspecified atom stereocenters. The summed E-state index contributed by atoms with van der Waals surface area (Å²) < 4.78 is 0. The molecule has 1 N–H and O–H groups in total. The average Bonchev–Trinajstić information content (AvgIpc) is 2.45. The number of hydrogen-bond donors (Lipinski definition) is 1. The fourth-order valence-corrected chi connectivity index (χ4v) is 0.917. The van der Waals surface area contributed by atoms with Gasteiger partial charge < -0.3 is 5.11 Å². The van der Waals surface area contributed by atoms with Gasteiger partial charge >= 0.3 is 0 Å².